The number of nitrogens with two attached hydrogens (primary N) is 1. The summed E-state index contributed by atoms with van der Waals surface area (Å²) in [7, 11) is 0. The van der Waals surface area contributed by atoms with Crippen molar-refractivity contribution in [1.29, 1.82) is 0 Å². The van der Waals surface area contributed by atoms with Gasteiger partial charge in [0.15, 0.2) is 17.7 Å². The normalized spacial score (nSPS) is 13.0. The van der Waals surface area contributed by atoms with Gasteiger partial charge in [0.05, 0.1) is 0 Å². The third-order valence-corrected chi connectivity index (χ3v) is 1.90. The fourth-order valence-corrected chi connectivity index (χ4v) is 1.25. The van der Waals surface area contributed by atoms with Crippen molar-refractivity contribution < 1.29 is 4.42 Å². The number of hydrogen-bond acceptors (Lipinski definition) is 6. The van der Waals surface area contributed by atoms with Crippen molar-refractivity contribution in [3.63, 3.8) is 0 Å². The highest BCUT2D eigenvalue weighted by molar-refractivity contribution is 5.80. The quantitative estimate of drug-likeness (QED) is 0.769. The molecule has 1 atom stereocenters. The Morgan fingerprint density at radius 2 is 2.33 bits per heavy atom. The monoisotopic (exact) mass is 207 g/mol. The Morgan fingerprint density at radius 3 is 3.07 bits per heavy atom. The highest BCUT2D eigenvalue weighted by Crippen LogP contribution is 2.17. The Labute approximate surface area is 86.9 Å². The summed E-state index contributed by atoms with van der Waals surface area (Å²) in [4.78, 5) is 12.4. The van der Waals surface area contributed by atoms with E-state index in [9.17, 15) is 0 Å². The average Bonchev–Trinajstić information content (AvgIpc) is 2.61. The second kappa shape index (κ2) is 3.82. The third kappa shape index (κ3) is 2.04. The zero-order valence-corrected chi connectivity index (χ0v) is 8.69. The van der Waals surface area contributed by atoms with Gasteiger partial charge in [-0.05, 0) is 13.8 Å². The summed E-state index contributed by atoms with van der Waals surface area (Å²) >= 11 is 0. The molecule has 2 aromatic heterocycles. The molecule has 6 nitrogen and oxygen atoms in total. The minimum Gasteiger partial charge on any atom is -0.425 e. The first-order valence-electron chi connectivity index (χ1n) is 4.74. The molecule has 0 amide bonds. The standard InChI is InChI=1S/C9H13N5O/c1-5(10)3-11-8-7-9(15-4-12-7)14-6(2)13-8/h4-5H,3,10H2,1-2H3,(H,11,13,14). The molecule has 0 fully saturated rings. The molecule has 2 rings (SSSR count). The van der Waals surface area contributed by atoms with E-state index < -0.39 is 0 Å². The molecular formula is C9H13N5O. The van der Waals surface area contributed by atoms with Gasteiger partial charge in [-0.2, -0.15) is 4.98 Å². The lowest BCUT2D eigenvalue weighted by Gasteiger charge is -2.08. The fourth-order valence-electron chi connectivity index (χ4n) is 1.25. The lowest BCUT2D eigenvalue weighted by atomic mass is 10.3. The van der Waals surface area contributed by atoms with Crippen LogP contribution in [0.4, 0.5) is 5.82 Å². The van der Waals surface area contributed by atoms with Gasteiger partial charge >= 0.3 is 0 Å². The number of hydrogen-bond donors (Lipinski definition) is 2. The predicted molar refractivity (Wildman–Crippen MR) is 56.5 cm³/mol. The molecule has 2 aromatic rings. The van der Waals surface area contributed by atoms with Crippen LogP contribution in [0.5, 0.6) is 0 Å². The van der Waals surface area contributed by atoms with Crippen molar-refractivity contribution in [3.8, 4) is 0 Å². The molecule has 2 heterocycles. The van der Waals surface area contributed by atoms with Gasteiger partial charge in [0.25, 0.3) is 5.71 Å². The number of nitrogens with one attached hydrogen (secondary N) is 1. The number of anilines is 1. The highest BCUT2D eigenvalue weighted by atomic mass is 16.3. The van der Waals surface area contributed by atoms with E-state index >= 15 is 0 Å². The van der Waals surface area contributed by atoms with Crippen LogP contribution in [0.1, 0.15) is 12.7 Å². The van der Waals surface area contributed by atoms with Gasteiger partial charge in [-0.3, -0.25) is 0 Å². The van der Waals surface area contributed by atoms with E-state index in [0.717, 1.165) is 0 Å². The van der Waals surface area contributed by atoms with E-state index in [-0.39, 0.29) is 6.04 Å². The number of oxazole rings is 1. The van der Waals surface area contributed by atoms with Crippen molar-refractivity contribution >= 4 is 17.0 Å². The molecule has 1 unspecified atom stereocenters. The number of aromatic nitrogens is 3. The van der Waals surface area contributed by atoms with Crippen LogP contribution < -0.4 is 11.1 Å². The van der Waals surface area contributed by atoms with Gasteiger partial charge in [0.2, 0.25) is 0 Å². The Kier molecular flexibility index (Phi) is 2.51. The van der Waals surface area contributed by atoms with E-state index in [0.29, 0.717) is 29.4 Å². The average molecular weight is 207 g/mol. The minimum atomic E-state index is 0.0576. The Morgan fingerprint density at radius 1 is 1.53 bits per heavy atom. The number of nitrogens with zero attached hydrogens (tertiary/aromatic N) is 3. The van der Waals surface area contributed by atoms with Crippen molar-refractivity contribution in [2.24, 2.45) is 5.73 Å². The first kappa shape index (κ1) is 9.85. The summed E-state index contributed by atoms with van der Waals surface area (Å²) in [6.45, 7) is 4.36. The van der Waals surface area contributed by atoms with Gasteiger partial charge < -0.3 is 15.5 Å². The van der Waals surface area contributed by atoms with Gasteiger partial charge in [-0.1, -0.05) is 0 Å². The lowest BCUT2D eigenvalue weighted by molar-refractivity contribution is 0.589. The van der Waals surface area contributed by atoms with Gasteiger partial charge in [0.1, 0.15) is 5.82 Å². The molecule has 0 saturated carbocycles. The molecule has 80 valence electrons. The predicted octanol–water partition coefficient (Wildman–Crippen LogP) is 0.685. The van der Waals surface area contributed by atoms with Gasteiger partial charge in [-0.15, -0.1) is 0 Å². The van der Waals surface area contributed by atoms with Gasteiger partial charge in [-0.25, -0.2) is 9.97 Å². The number of aryl methyl sites for hydroxylation is 1. The molecule has 0 spiro atoms. The summed E-state index contributed by atoms with van der Waals surface area (Å²) in [6.07, 6.45) is 1.36. The van der Waals surface area contributed by atoms with Crippen LogP contribution in [-0.2, 0) is 0 Å². The molecule has 6 heteroatoms. The largest absolute Gasteiger partial charge is 0.425 e. The molecule has 0 aliphatic heterocycles. The van der Waals surface area contributed by atoms with Crippen molar-refractivity contribution in [1.82, 2.24) is 15.0 Å². The fraction of sp³-hybridized carbons (Fsp3) is 0.444. The molecule has 0 radical (unpaired) electrons. The zero-order valence-electron chi connectivity index (χ0n) is 8.69. The molecule has 0 saturated heterocycles. The minimum absolute atomic E-state index is 0.0576. The molecule has 0 bridgehead atoms. The van der Waals surface area contributed by atoms with Crippen molar-refractivity contribution in [2.75, 3.05) is 11.9 Å². The maximum atomic E-state index is 5.65. The Bertz CT molecular complexity index is 464. The number of rotatable bonds is 3. The smallest absolute Gasteiger partial charge is 0.252 e. The van der Waals surface area contributed by atoms with Crippen LogP contribution >= 0.6 is 0 Å². The van der Waals surface area contributed by atoms with Crippen molar-refractivity contribution in [2.45, 2.75) is 19.9 Å². The summed E-state index contributed by atoms with van der Waals surface area (Å²) < 4.78 is 5.11. The van der Waals surface area contributed by atoms with Crippen LogP contribution in [0.3, 0.4) is 0 Å². The molecule has 15 heavy (non-hydrogen) atoms. The van der Waals surface area contributed by atoms with Crippen LogP contribution in [0.2, 0.25) is 0 Å². The zero-order chi connectivity index (χ0) is 10.8. The summed E-state index contributed by atoms with van der Waals surface area (Å²) in [5, 5.41) is 3.12. The van der Waals surface area contributed by atoms with Crippen LogP contribution in [0.15, 0.2) is 10.8 Å². The number of fused-ring (bicyclic) bond motifs is 1. The second-order valence-electron chi connectivity index (χ2n) is 3.48. The first-order chi connectivity index (χ1) is 7.16. The van der Waals surface area contributed by atoms with Gasteiger partial charge in [0, 0.05) is 12.6 Å². The van der Waals surface area contributed by atoms with E-state index in [4.69, 9.17) is 10.2 Å². The Balaban J connectivity index is 2.35. The summed E-state index contributed by atoms with van der Waals surface area (Å²) in [6, 6.07) is 0.0576. The van der Waals surface area contributed by atoms with Crippen molar-refractivity contribution in [3.05, 3.63) is 12.2 Å². The van der Waals surface area contributed by atoms with Crippen LogP contribution in [0.25, 0.3) is 11.2 Å². The third-order valence-electron chi connectivity index (χ3n) is 1.90. The highest BCUT2D eigenvalue weighted by Gasteiger charge is 2.09. The van der Waals surface area contributed by atoms with E-state index in [2.05, 4.69) is 20.3 Å². The van der Waals surface area contributed by atoms with Crippen LogP contribution in [0, 0.1) is 6.92 Å². The Hall–Kier alpha value is -1.69. The molecule has 0 aliphatic carbocycles. The molecule has 0 aliphatic rings. The molecule has 0 aromatic carbocycles. The topological polar surface area (TPSA) is 89.9 Å². The van der Waals surface area contributed by atoms with E-state index in [1.807, 2.05) is 6.92 Å². The second-order valence-corrected chi connectivity index (χ2v) is 3.48. The maximum absolute atomic E-state index is 5.65. The van der Waals surface area contributed by atoms with E-state index in [1.54, 1.807) is 6.92 Å². The summed E-state index contributed by atoms with van der Waals surface area (Å²) in [5.74, 6) is 1.31. The van der Waals surface area contributed by atoms with E-state index in [1.165, 1.54) is 6.39 Å². The molecule has 3 N–H and O–H groups in total. The maximum Gasteiger partial charge on any atom is 0.252 e. The first-order valence-corrected chi connectivity index (χ1v) is 4.74. The van der Waals surface area contributed by atoms with Crippen LogP contribution in [-0.4, -0.2) is 27.5 Å². The molecular weight excluding hydrogens is 194 g/mol. The SMILES string of the molecule is Cc1nc(NCC(C)N)c2ncoc2n1. The summed E-state index contributed by atoms with van der Waals surface area (Å²) in [5.41, 5.74) is 6.78. The lowest BCUT2D eigenvalue weighted by Crippen LogP contribution is -2.25.